The Labute approximate surface area is 188 Å². The molecule has 6 atom stereocenters. The Morgan fingerprint density at radius 2 is 1.81 bits per heavy atom. The number of ketones is 1. The van der Waals surface area contributed by atoms with Gasteiger partial charge in [-0.3, -0.25) is 4.79 Å². The van der Waals surface area contributed by atoms with Gasteiger partial charge in [-0.25, -0.2) is 0 Å². The van der Waals surface area contributed by atoms with Gasteiger partial charge in [-0.05, 0) is 94.0 Å². The minimum atomic E-state index is -0.356. The van der Waals surface area contributed by atoms with E-state index in [9.17, 15) is 9.90 Å². The third-order valence-electron chi connectivity index (χ3n) is 10.3. The third-order valence-corrected chi connectivity index (χ3v) is 10.3. The first-order valence-electron chi connectivity index (χ1n) is 13.1. The molecule has 0 aromatic rings. The van der Waals surface area contributed by atoms with E-state index in [0.29, 0.717) is 24.2 Å². The first-order chi connectivity index (χ1) is 15.0. The van der Waals surface area contributed by atoms with Crippen molar-refractivity contribution in [1.29, 1.82) is 0 Å². The maximum atomic E-state index is 12.1. The van der Waals surface area contributed by atoms with Crippen LogP contribution in [-0.2, 0) is 14.3 Å². The van der Waals surface area contributed by atoms with E-state index in [0.717, 1.165) is 45.1 Å². The second-order valence-electron chi connectivity index (χ2n) is 11.5. The monoisotopic (exact) mass is 430 g/mol. The summed E-state index contributed by atoms with van der Waals surface area (Å²) in [5, 5.41) is 10.6. The average Bonchev–Trinajstić information content (AvgIpc) is 3.10. The minimum absolute atomic E-state index is 0.132. The highest BCUT2D eigenvalue weighted by atomic mass is 16.7. The third kappa shape index (κ3) is 3.47. The number of hydrogen-bond donors (Lipinski definition) is 1. The van der Waals surface area contributed by atoms with Crippen molar-refractivity contribution in [2.45, 2.75) is 109 Å². The highest BCUT2D eigenvalue weighted by Crippen LogP contribution is 2.66. The molecular formula is C27H42O4. The fraction of sp³-hybridized carbons (Fsp3) is 0.889. The highest BCUT2D eigenvalue weighted by molar-refractivity contribution is 5.91. The molecule has 174 valence electrons. The van der Waals surface area contributed by atoms with E-state index < -0.39 is 0 Å². The van der Waals surface area contributed by atoms with Crippen LogP contribution in [0.3, 0.4) is 0 Å². The zero-order valence-corrected chi connectivity index (χ0v) is 19.7. The molecule has 0 aliphatic heterocycles. The van der Waals surface area contributed by atoms with Crippen LogP contribution in [0.15, 0.2) is 11.6 Å². The molecule has 0 spiro atoms. The minimum Gasteiger partial charge on any atom is -0.395 e. The Hall–Kier alpha value is -0.710. The lowest BCUT2D eigenvalue weighted by molar-refractivity contribution is -0.289. The van der Waals surface area contributed by atoms with Crippen molar-refractivity contribution in [3.05, 3.63) is 11.6 Å². The van der Waals surface area contributed by atoms with Crippen LogP contribution in [0.2, 0.25) is 0 Å². The average molecular weight is 431 g/mol. The number of carbonyl (C=O) groups is 1. The number of aliphatic hydroxyl groups is 1. The number of ether oxygens (including phenoxy) is 2. The lowest BCUT2D eigenvalue weighted by atomic mass is 9.47. The van der Waals surface area contributed by atoms with E-state index in [-0.39, 0.29) is 35.1 Å². The van der Waals surface area contributed by atoms with Gasteiger partial charge in [-0.15, -0.1) is 0 Å². The molecule has 0 aromatic heterocycles. The van der Waals surface area contributed by atoms with Crippen molar-refractivity contribution >= 4 is 5.78 Å². The Kier molecular flexibility index (Phi) is 5.88. The molecule has 4 saturated carbocycles. The van der Waals surface area contributed by atoms with Crippen LogP contribution < -0.4 is 0 Å². The summed E-state index contributed by atoms with van der Waals surface area (Å²) in [5.41, 5.74) is 1.34. The predicted octanol–water partition coefficient (Wildman–Crippen LogP) is 5.57. The normalized spacial score (nSPS) is 44.2. The Balaban J connectivity index is 1.38. The predicted molar refractivity (Wildman–Crippen MR) is 120 cm³/mol. The molecule has 0 saturated heterocycles. The van der Waals surface area contributed by atoms with E-state index in [4.69, 9.17) is 9.47 Å². The van der Waals surface area contributed by atoms with E-state index in [1.807, 2.05) is 6.08 Å². The molecule has 4 heteroatoms. The number of carbonyl (C=O) groups excluding carboxylic acids is 1. The summed E-state index contributed by atoms with van der Waals surface area (Å²) in [6.07, 6.45) is 16.4. The fourth-order valence-corrected chi connectivity index (χ4v) is 8.71. The molecule has 0 aromatic carbocycles. The smallest absolute Gasteiger partial charge is 0.168 e. The molecule has 0 heterocycles. The van der Waals surface area contributed by atoms with Crippen molar-refractivity contribution < 1.29 is 19.4 Å². The van der Waals surface area contributed by atoms with Crippen molar-refractivity contribution in [1.82, 2.24) is 0 Å². The number of fused-ring (bicyclic) bond motifs is 5. The first-order valence-corrected chi connectivity index (χ1v) is 13.1. The van der Waals surface area contributed by atoms with Crippen LogP contribution in [0, 0.1) is 28.6 Å². The maximum Gasteiger partial charge on any atom is 0.168 e. The summed E-state index contributed by atoms with van der Waals surface area (Å²) in [7, 11) is 0. The Morgan fingerprint density at radius 1 is 1.00 bits per heavy atom. The van der Waals surface area contributed by atoms with Gasteiger partial charge < -0.3 is 14.6 Å². The lowest BCUT2D eigenvalue weighted by Gasteiger charge is -2.58. The number of rotatable bonds is 5. The topological polar surface area (TPSA) is 55.8 Å². The fourth-order valence-electron chi connectivity index (χ4n) is 8.71. The molecule has 5 aliphatic rings. The molecule has 31 heavy (non-hydrogen) atoms. The van der Waals surface area contributed by atoms with Gasteiger partial charge in [0.25, 0.3) is 0 Å². The quantitative estimate of drug-likeness (QED) is 0.579. The van der Waals surface area contributed by atoms with Gasteiger partial charge in [0, 0.05) is 31.3 Å². The van der Waals surface area contributed by atoms with Crippen LogP contribution in [0.25, 0.3) is 0 Å². The summed E-state index contributed by atoms with van der Waals surface area (Å²) < 4.78 is 13.3. The maximum absolute atomic E-state index is 12.1. The van der Waals surface area contributed by atoms with Crippen molar-refractivity contribution in [3.63, 3.8) is 0 Å². The van der Waals surface area contributed by atoms with Gasteiger partial charge in [0.05, 0.1) is 12.7 Å². The summed E-state index contributed by atoms with van der Waals surface area (Å²) >= 11 is 0. The summed E-state index contributed by atoms with van der Waals surface area (Å²) in [5.74, 6) is 1.75. The second kappa shape index (κ2) is 8.25. The van der Waals surface area contributed by atoms with Crippen molar-refractivity contribution in [2.24, 2.45) is 28.6 Å². The van der Waals surface area contributed by atoms with Crippen molar-refractivity contribution in [2.75, 3.05) is 13.2 Å². The number of hydrogen-bond acceptors (Lipinski definition) is 4. The van der Waals surface area contributed by atoms with Gasteiger partial charge in [-0.2, -0.15) is 0 Å². The van der Waals surface area contributed by atoms with Crippen LogP contribution in [0.1, 0.15) is 97.3 Å². The van der Waals surface area contributed by atoms with Gasteiger partial charge in [0.2, 0.25) is 0 Å². The summed E-state index contributed by atoms with van der Waals surface area (Å²) in [6, 6.07) is 0. The molecule has 5 rings (SSSR count). The molecule has 0 bridgehead atoms. The van der Waals surface area contributed by atoms with Crippen LogP contribution in [0.4, 0.5) is 0 Å². The standard InChI is InChI=1S/C27H42O4/c1-3-30-27(13-5-4-6-14-27)31-24-10-9-22-21-8-7-19-17-20(29)11-16-26(19,18-28)23(21)12-15-25(22,24)2/h17,21-24,28H,3-16,18H2,1-2H3/t21-,22-,23+,24?,25-,26+/m0/s1. The van der Waals surface area contributed by atoms with Crippen LogP contribution in [-0.4, -0.2) is 36.0 Å². The van der Waals surface area contributed by atoms with Gasteiger partial charge >= 0.3 is 0 Å². The van der Waals surface area contributed by atoms with Gasteiger partial charge in [-0.1, -0.05) is 18.9 Å². The molecule has 0 amide bonds. The second-order valence-corrected chi connectivity index (χ2v) is 11.5. The summed E-state index contributed by atoms with van der Waals surface area (Å²) in [4.78, 5) is 12.1. The largest absolute Gasteiger partial charge is 0.395 e. The van der Waals surface area contributed by atoms with E-state index in [2.05, 4.69) is 13.8 Å². The molecular weight excluding hydrogens is 388 g/mol. The molecule has 1 N–H and O–H groups in total. The highest BCUT2D eigenvalue weighted by Gasteiger charge is 2.61. The first kappa shape index (κ1) is 22.1. The molecule has 1 unspecified atom stereocenters. The zero-order chi connectivity index (χ0) is 21.7. The molecule has 4 nitrogen and oxygen atoms in total. The SMILES string of the molecule is CCOC1(OC2CC[C@H]3[C@@H]4CCC5=CC(=O)CC[C@]5(CO)[C@@H]4CC[C@]23C)CCCCC1. The van der Waals surface area contributed by atoms with Gasteiger partial charge in [0.15, 0.2) is 11.6 Å². The molecule has 4 fully saturated rings. The zero-order valence-electron chi connectivity index (χ0n) is 19.7. The molecule has 0 radical (unpaired) electrons. The van der Waals surface area contributed by atoms with E-state index in [1.54, 1.807) is 0 Å². The number of aliphatic hydroxyl groups excluding tert-OH is 1. The molecule has 5 aliphatic carbocycles. The van der Waals surface area contributed by atoms with Crippen LogP contribution >= 0.6 is 0 Å². The van der Waals surface area contributed by atoms with E-state index >= 15 is 0 Å². The Bertz CT molecular complexity index is 717. The Morgan fingerprint density at radius 3 is 2.55 bits per heavy atom. The van der Waals surface area contributed by atoms with Crippen LogP contribution in [0.5, 0.6) is 0 Å². The van der Waals surface area contributed by atoms with Crippen molar-refractivity contribution in [3.8, 4) is 0 Å². The van der Waals surface area contributed by atoms with E-state index in [1.165, 1.54) is 44.1 Å². The lowest BCUT2D eigenvalue weighted by Crippen LogP contribution is -2.54. The van der Waals surface area contributed by atoms with Gasteiger partial charge in [0.1, 0.15) is 0 Å². The summed E-state index contributed by atoms with van der Waals surface area (Å²) in [6.45, 7) is 5.53.